The van der Waals surface area contributed by atoms with Gasteiger partial charge in [0, 0.05) is 37.1 Å². The van der Waals surface area contributed by atoms with Crippen molar-refractivity contribution < 1.29 is 4.79 Å². The Morgan fingerprint density at radius 3 is 2.96 bits per heavy atom. The number of aryl methyl sites for hydroxylation is 2. The van der Waals surface area contributed by atoms with Gasteiger partial charge in [0.05, 0.1) is 17.8 Å². The van der Waals surface area contributed by atoms with E-state index in [0.29, 0.717) is 13.0 Å². The van der Waals surface area contributed by atoms with E-state index in [1.807, 2.05) is 36.7 Å². The second kappa shape index (κ2) is 7.83. The summed E-state index contributed by atoms with van der Waals surface area (Å²) in [7, 11) is 0. The third-order valence-electron chi connectivity index (χ3n) is 3.60. The molecule has 3 aromatic rings. The zero-order chi connectivity index (χ0) is 16.8. The molecule has 0 atom stereocenters. The van der Waals surface area contributed by atoms with Crippen LogP contribution < -0.4 is 5.32 Å². The summed E-state index contributed by atoms with van der Waals surface area (Å²) in [6.45, 7) is 3.47. The van der Waals surface area contributed by atoms with Crippen LogP contribution in [0, 0.1) is 6.92 Å². The monoisotopic (exact) mass is 341 g/mol. The van der Waals surface area contributed by atoms with Gasteiger partial charge in [-0.3, -0.25) is 9.78 Å². The van der Waals surface area contributed by atoms with Crippen molar-refractivity contribution in [2.24, 2.45) is 0 Å². The highest BCUT2D eigenvalue weighted by atomic mass is 32.1. The summed E-state index contributed by atoms with van der Waals surface area (Å²) in [5.74, 6) is 0.987. The van der Waals surface area contributed by atoms with Crippen LogP contribution >= 0.6 is 11.3 Å². The fraction of sp³-hybridized carbons (Fsp3) is 0.294. The first-order valence-electron chi connectivity index (χ1n) is 7.82. The number of carbonyl (C=O) groups excluding carboxylic acids is 1. The van der Waals surface area contributed by atoms with Gasteiger partial charge in [-0.05, 0) is 25.5 Å². The molecular formula is C17H19N5OS. The summed E-state index contributed by atoms with van der Waals surface area (Å²) in [6.07, 6.45) is 6.65. The maximum Gasteiger partial charge on any atom is 0.226 e. The molecule has 3 aromatic heterocycles. The molecule has 0 aromatic carbocycles. The molecule has 1 amide bonds. The average Bonchev–Trinajstić information content (AvgIpc) is 3.22. The number of rotatable bonds is 7. The highest BCUT2D eigenvalue weighted by Gasteiger charge is 2.09. The maximum absolute atomic E-state index is 12.0. The zero-order valence-electron chi connectivity index (χ0n) is 13.5. The molecular weight excluding hydrogens is 322 g/mol. The van der Waals surface area contributed by atoms with Crippen molar-refractivity contribution in [3.05, 3.63) is 53.7 Å². The number of aromatic nitrogens is 4. The molecule has 0 unspecified atom stereocenters. The van der Waals surface area contributed by atoms with E-state index in [1.165, 1.54) is 11.3 Å². The number of imidazole rings is 1. The fourth-order valence-corrected chi connectivity index (χ4v) is 3.13. The number of nitrogens with one attached hydrogen (secondary N) is 1. The summed E-state index contributed by atoms with van der Waals surface area (Å²) in [5, 5.41) is 5.70. The van der Waals surface area contributed by atoms with Crippen LogP contribution in [0.5, 0.6) is 0 Å². The van der Waals surface area contributed by atoms with Gasteiger partial charge >= 0.3 is 0 Å². The third-order valence-corrected chi connectivity index (χ3v) is 4.51. The van der Waals surface area contributed by atoms with Crippen LogP contribution in [0.2, 0.25) is 0 Å². The molecule has 0 aliphatic rings. The van der Waals surface area contributed by atoms with E-state index in [1.54, 1.807) is 12.4 Å². The number of hydrogen-bond acceptors (Lipinski definition) is 5. The first-order chi connectivity index (χ1) is 11.7. The summed E-state index contributed by atoms with van der Waals surface area (Å²) in [6, 6.07) is 5.72. The van der Waals surface area contributed by atoms with Crippen LogP contribution in [0.15, 0.2) is 42.2 Å². The van der Waals surface area contributed by atoms with Crippen molar-refractivity contribution in [3.8, 4) is 10.7 Å². The minimum Gasteiger partial charge on any atom is -0.356 e. The van der Waals surface area contributed by atoms with Crippen molar-refractivity contribution in [2.45, 2.75) is 26.3 Å². The Morgan fingerprint density at radius 2 is 2.21 bits per heavy atom. The summed E-state index contributed by atoms with van der Waals surface area (Å²) >= 11 is 1.51. The van der Waals surface area contributed by atoms with E-state index in [-0.39, 0.29) is 5.91 Å². The summed E-state index contributed by atoms with van der Waals surface area (Å²) < 4.78 is 2.08. The maximum atomic E-state index is 12.0. The Kier molecular flexibility index (Phi) is 5.32. The van der Waals surface area contributed by atoms with Gasteiger partial charge in [-0.25, -0.2) is 9.97 Å². The van der Waals surface area contributed by atoms with Crippen molar-refractivity contribution in [2.75, 3.05) is 6.54 Å². The second-order valence-electron chi connectivity index (χ2n) is 5.41. The van der Waals surface area contributed by atoms with Gasteiger partial charge in [0.15, 0.2) is 0 Å². The van der Waals surface area contributed by atoms with Crippen LogP contribution in [-0.4, -0.2) is 32.0 Å². The smallest absolute Gasteiger partial charge is 0.226 e. The van der Waals surface area contributed by atoms with E-state index < -0.39 is 0 Å². The number of pyridine rings is 1. The highest BCUT2D eigenvalue weighted by Crippen LogP contribution is 2.21. The van der Waals surface area contributed by atoms with Crippen molar-refractivity contribution in [3.63, 3.8) is 0 Å². The first-order valence-corrected chi connectivity index (χ1v) is 8.70. The zero-order valence-corrected chi connectivity index (χ0v) is 14.3. The number of nitrogens with zero attached hydrogens (tertiary/aromatic N) is 4. The minimum absolute atomic E-state index is 0.00442. The Balaban J connectivity index is 1.44. The van der Waals surface area contributed by atoms with Crippen LogP contribution in [0.4, 0.5) is 0 Å². The van der Waals surface area contributed by atoms with Gasteiger partial charge in [-0.1, -0.05) is 6.07 Å². The van der Waals surface area contributed by atoms with Gasteiger partial charge in [-0.2, -0.15) is 0 Å². The summed E-state index contributed by atoms with van der Waals surface area (Å²) in [5.41, 5.74) is 1.62. The molecule has 7 heteroatoms. The third kappa shape index (κ3) is 4.26. The second-order valence-corrected chi connectivity index (χ2v) is 6.27. The van der Waals surface area contributed by atoms with Crippen LogP contribution in [-0.2, 0) is 17.8 Å². The Morgan fingerprint density at radius 1 is 1.29 bits per heavy atom. The molecule has 3 heterocycles. The van der Waals surface area contributed by atoms with E-state index in [4.69, 9.17) is 0 Å². The lowest BCUT2D eigenvalue weighted by molar-refractivity contribution is -0.120. The van der Waals surface area contributed by atoms with Crippen LogP contribution in [0.25, 0.3) is 10.7 Å². The summed E-state index contributed by atoms with van der Waals surface area (Å²) in [4.78, 5) is 24.9. The van der Waals surface area contributed by atoms with Gasteiger partial charge in [0.1, 0.15) is 10.8 Å². The first kappa shape index (κ1) is 16.3. The Hall–Kier alpha value is -2.54. The lowest BCUT2D eigenvalue weighted by Gasteiger charge is -2.06. The molecule has 0 bridgehead atoms. The molecule has 1 N–H and O–H groups in total. The molecule has 3 rings (SSSR count). The van der Waals surface area contributed by atoms with E-state index in [0.717, 1.165) is 35.2 Å². The molecule has 124 valence electrons. The average molecular weight is 341 g/mol. The molecule has 6 nitrogen and oxygen atoms in total. The lowest BCUT2D eigenvalue weighted by atomic mass is 10.3. The number of carbonyl (C=O) groups is 1. The SMILES string of the molecule is Cc1nccn1CCCNC(=O)Cc1csc(-c2ccccn2)n1. The van der Waals surface area contributed by atoms with E-state index >= 15 is 0 Å². The van der Waals surface area contributed by atoms with Gasteiger partial charge in [0.25, 0.3) is 0 Å². The van der Waals surface area contributed by atoms with Crippen LogP contribution in [0.1, 0.15) is 17.9 Å². The molecule has 0 aliphatic carbocycles. The minimum atomic E-state index is -0.00442. The topological polar surface area (TPSA) is 72.7 Å². The normalized spacial score (nSPS) is 10.7. The molecule has 0 saturated heterocycles. The Labute approximate surface area is 144 Å². The van der Waals surface area contributed by atoms with Crippen molar-refractivity contribution in [1.29, 1.82) is 0 Å². The lowest BCUT2D eigenvalue weighted by Crippen LogP contribution is -2.27. The van der Waals surface area contributed by atoms with E-state index in [2.05, 4.69) is 24.8 Å². The molecule has 0 spiro atoms. The molecule has 0 aliphatic heterocycles. The number of thiazole rings is 1. The van der Waals surface area contributed by atoms with Gasteiger partial charge in [0.2, 0.25) is 5.91 Å². The molecule has 24 heavy (non-hydrogen) atoms. The number of hydrogen-bond donors (Lipinski definition) is 1. The fourth-order valence-electron chi connectivity index (χ4n) is 2.34. The molecule has 0 radical (unpaired) electrons. The predicted octanol–water partition coefficient (Wildman–Crippen LogP) is 2.46. The number of amides is 1. The quantitative estimate of drug-likeness (QED) is 0.670. The largest absolute Gasteiger partial charge is 0.356 e. The predicted molar refractivity (Wildman–Crippen MR) is 93.6 cm³/mol. The standard InChI is InChI=1S/C17H19N5OS/c1-13-18-8-10-22(13)9-4-7-20-16(23)11-14-12-24-17(21-14)15-5-2-3-6-19-15/h2-3,5-6,8,10,12H,4,7,9,11H2,1H3,(H,20,23). The van der Waals surface area contributed by atoms with Crippen LogP contribution in [0.3, 0.4) is 0 Å². The van der Waals surface area contributed by atoms with E-state index in [9.17, 15) is 4.79 Å². The molecule has 0 fully saturated rings. The highest BCUT2D eigenvalue weighted by molar-refractivity contribution is 7.13. The van der Waals surface area contributed by atoms with Gasteiger partial charge in [-0.15, -0.1) is 11.3 Å². The van der Waals surface area contributed by atoms with Gasteiger partial charge < -0.3 is 9.88 Å². The van der Waals surface area contributed by atoms with Crippen molar-refractivity contribution in [1.82, 2.24) is 24.8 Å². The Bertz CT molecular complexity index is 796. The van der Waals surface area contributed by atoms with Crippen molar-refractivity contribution >= 4 is 17.2 Å². The molecule has 0 saturated carbocycles.